The molecule has 0 bridgehead atoms. The van der Waals surface area contributed by atoms with E-state index >= 15 is 0 Å². The summed E-state index contributed by atoms with van der Waals surface area (Å²) < 4.78 is 13.1. The standard InChI is InChI=1S/C21H22FN3O2S/c1-13-9-14(2)18-11-15(20(27)24-19(18)10-13)12-25(7-8-26)21(28)23-17-5-3-16(22)4-6-17/h3-6,9-11,26H,7-8,12H2,1-2H3,(H,23,28)(H,24,27). The molecular formula is C21H22FN3O2S. The monoisotopic (exact) mass is 399 g/mol. The molecule has 1 aromatic heterocycles. The molecule has 0 saturated heterocycles. The molecule has 146 valence electrons. The quantitative estimate of drug-likeness (QED) is 0.573. The van der Waals surface area contributed by atoms with Gasteiger partial charge in [0.15, 0.2) is 5.11 Å². The summed E-state index contributed by atoms with van der Waals surface area (Å²) in [7, 11) is 0. The number of rotatable bonds is 5. The van der Waals surface area contributed by atoms with E-state index in [-0.39, 0.29) is 31.1 Å². The van der Waals surface area contributed by atoms with E-state index in [0.29, 0.717) is 16.4 Å². The fraction of sp³-hybridized carbons (Fsp3) is 0.238. The maximum atomic E-state index is 13.1. The molecule has 0 fully saturated rings. The second-order valence-corrected chi connectivity index (χ2v) is 7.14. The van der Waals surface area contributed by atoms with Gasteiger partial charge < -0.3 is 20.3 Å². The van der Waals surface area contributed by atoms with Gasteiger partial charge in [-0.3, -0.25) is 4.79 Å². The third kappa shape index (κ3) is 4.55. The number of nitrogens with one attached hydrogen (secondary N) is 2. The lowest BCUT2D eigenvalue weighted by molar-refractivity contribution is 0.248. The van der Waals surface area contributed by atoms with E-state index in [4.69, 9.17) is 12.2 Å². The smallest absolute Gasteiger partial charge is 0.253 e. The van der Waals surface area contributed by atoms with E-state index in [2.05, 4.69) is 16.4 Å². The number of aliphatic hydroxyl groups excluding tert-OH is 1. The summed E-state index contributed by atoms with van der Waals surface area (Å²) in [6.07, 6.45) is 0. The number of benzene rings is 2. The van der Waals surface area contributed by atoms with E-state index in [9.17, 15) is 14.3 Å². The first-order valence-electron chi connectivity index (χ1n) is 8.93. The Morgan fingerprint density at radius 2 is 1.93 bits per heavy atom. The SMILES string of the molecule is Cc1cc(C)c2cc(CN(CCO)C(=S)Nc3ccc(F)cc3)c(=O)[nH]c2c1. The lowest BCUT2D eigenvalue weighted by Crippen LogP contribution is -2.37. The van der Waals surface area contributed by atoms with Crippen LogP contribution in [0.1, 0.15) is 16.7 Å². The van der Waals surface area contributed by atoms with Crippen LogP contribution < -0.4 is 10.9 Å². The molecule has 0 saturated carbocycles. The third-order valence-corrected chi connectivity index (χ3v) is 4.86. The Labute approximate surface area is 167 Å². The summed E-state index contributed by atoms with van der Waals surface area (Å²) in [6, 6.07) is 11.7. The predicted octanol–water partition coefficient (Wildman–Crippen LogP) is 3.48. The van der Waals surface area contributed by atoms with Gasteiger partial charge >= 0.3 is 0 Å². The molecule has 3 N–H and O–H groups in total. The van der Waals surface area contributed by atoms with Crippen molar-refractivity contribution < 1.29 is 9.50 Å². The van der Waals surface area contributed by atoms with Gasteiger partial charge in [-0.1, -0.05) is 6.07 Å². The van der Waals surface area contributed by atoms with Crippen molar-refractivity contribution in [3.8, 4) is 0 Å². The Bertz CT molecular complexity index is 1060. The van der Waals surface area contributed by atoms with Gasteiger partial charge in [0.2, 0.25) is 0 Å². The Kier molecular flexibility index (Phi) is 6.06. The predicted molar refractivity (Wildman–Crippen MR) is 114 cm³/mol. The molecular weight excluding hydrogens is 377 g/mol. The Morgan fingerprint density at radius 3 is 2.61 bits per heavy atom. The van der Waals surface area contributed by atoms with Gasteiger partial charge in [0, 0.05) is 28.7 Å². The number of nitrogens with zero attached hydrogens (tertiary/aromatic N) is 1. The van der Waals surface area contributed by atoms with E-state index < -0.39 is 0 Å². The second-order valence-electron chi connectivity index (χ2n) is 6.75. The Hall–Kier alpha value is -2.77. The van der Waals surface area contributed by atoms with Crippen LogP contribution in [0.3, 0.4) is 0 Å². The molecule has 0 spiro atoms. The Morgan fingerprint density at radius 1 is 1.21 bits per heavy atom. The molecule has 7 heteroatoms. The zero-order valence-corrected chi connectivity index (χ0v) is 16.6. The van der Waals surface area contributed by atoms with Crippen LogP contribution in [0, 0.1) is 19.7 Å². The number of aromatic amines is 1. The second kappa shape index (κ2) is 8.50. The van der Waals surface area contributed by atoms with Gasteiger partial charge in [-0.15, -0.1) is 0 Å². The minimum Gasteiger partial charge on any atom is -0.395 e. The lowest BCUT2D eigenvalue weighted by Gasteiger charge is -2.25. The zero-order chi connectivity index (χ0) is 20.3. The maximum Gasteiger partial charge on any atom is 0.253 e. The number of aryl methyl sites for hydroxylation is 2. The van der Waals surface area contributed by atoms with Crippen LogP contribution in [0.25, 0.3) is 10.9 Å². The van der Waals surface area contributed by atoms with Crippen LogP contribution in [0.5, 0.6) is 0 Å². The highest BCUT2D eigenvalue weighted by atomic mass is 32.1. The summed E-state index contributed by atoms with van der Waals surface area (Å²) in [6.45, 7) is 4.38. The average molecular weight is 399 g/mol. The highest BCUT2D eigenvalue weighted by molar-refractivity contribution is 7.80. The molecule has 2 aromatic carbocycles. The van der Waals surface area contributed by atoms with Crippen LogP contribution in [0.4, 0.5) is 10.1 Å². The summed E-state index contributed by atoms with van der Waals surface area (Å²) in [5.74, 6) is -0.336. The van der Waals surface area contributed by atoms with E-state index in [1.807, 2.05) is 26.0 Å². The number of aliphatic hydroxyl groups is 1. The summed E-state index contributed by atoms with van der Waals surface area (Å²) in [5.41, 5.74) is 3.95. The van der Waals surface area contributed by atoms with Gasteiger partial charge in [-0.05, 0) is 73.6 Å². The first kappa shape index (κ1) is 20.0. The van der Waals surface area contributed by atoms with Crippen molar-refractivity contribution in [2.45, 2.75) is 20.4 Å². The minimum absolute atomic E-state index is 0.116. The molecule has 5 nitrogen and oxygen atoms in total. The largest absolute Gasteiger partial charge is 0.395 e. The molecule has 0 amide bonds. The van der Waals surface area contributed by atoms with E-state index in [1.54, 1.807) is 17.0 Å². The molecule has 28 heavy (non-hydrogen) atoms. The van der Waals surface area contributed by atoms with Crippen molar-refractivity contribution >= 4 is 33.9 Å². The zero-order valence-electron chi connectivity index (χ0n) is 15.8. The van der Waals surface area contributed by atoms with Gasteiger partial charge in [0.05, 0.1) is 13.2 Å². The van der Waals surface area contributed by atoms with Gasteiger partial charge in [-0.25, -0.2) is 4.39 Å². The maximum absolute atomic E-state index is 13.1. The number of hydrogen-bond donors (Lipinski definition) is 3. The molecule has 0 aliphatic rings. The normalized spacial score (nSPS) is 10.9. The molecule has 0 unspecified atom stereocenters. The average Bonchev–Trinajstić information content (AvgIpc) is 2.64. The van der Waals surface area contributed by atoms with E-state index in [0.717, 1.165) is 22.0 Å². The highest BCUT2D eigenvalue weighted by Crippen LogP contribution is 2.19. The molecule has 3 rings (SSSR count). The highest BCUT2D eigenvalue weighted by Gasteiger charge is 2.14. The first-order chi connectivity index (χ1) is 13.4. The molecule has 3 aromatic rings. The van der Waals surface area contributed by atoms with Crippen molar-refractivity contribution in [3.05, 3.63) is 75.3 Å². The third-order valence-electron chi connectivity index (χ3n) is 4.50. The molecule has 0 atom stereocenters. The number of halogens is 1. The van der Waals surface area contributed by atoms with Crippen molar-refractivity contribution in [2.24, 2.45) is 0 Å². The number of H-pyrrole nitrogens is 1. The molecule has 0 aliphatic carbocycles. The van der Waals surface area contributed by atoms with Crippen molar-refractivity contribution in [2.75, 3.05) is 18.5 Å². The number of hydrogen-bond acceptors (Lipinski definition) is 3. The van der Waals surface area contributed by atoms with Crippen LogP contribution in [0.15, 0.2) is 47.3 Å². The minimum atomic E-state index is -0.336. The van der Waals surface area contributed by atoms with Crippen LogP contribution in [-0.4, -0.2) is 33.3 Å². The fourth-order valence-electron chi connectivity index (χ4n) is 3.15. The Balaban J connectivity index is 1.87. The van der Waals surface area contributed by atoms with Crippen molar-refractivity contribution in [1.82, 2.24) is 9.88 Å². The number of pyridine rings is 1. The van der Waals surface area contributed by atoms with E-state index in [1.165, 1.54) is 12.1 Å². The van der Waals surface area contributed by atoms with Crippen molar-refractivity contribution in [3.63, 3.8) is 0 Å². The summed E-state index contributed by atoms with van der Waals surface area (Å²) >= 11 is 5.43. The number of thiocarbonyl (C=S) groups is 1. The van der Waals surface area contributed by atoms with Gasteiger partial charge in [0.25, 0.3) is 5.56 Å². The fourth-order valence-corrected chi connectivity index (χ4v) is 3.42. The first-order valence-corrected chi connectivity index (χ1v) is 9.33. The number of aromatic nitrogens is 1. The molecule has 1 heterocycles. The lowest BCUT2D eigenvalue weighted by atomic mass is 10.0. The number of fused-ring (bicyclic) bond motifs is 1. The van der Waals surface area contributed by atoms with Crippen molar-refractivity contribution in [1.29, 1.82) is 0 Å². The van der Waals surface area contributed by atoms with Gasteiger partial charge in [-0.2, -0.15) is 0 Å². The van der Waals surface area contributed by atoms with Crippen LogP contribution >= 0.6 is 12.2 Å². The van der Waals surface area contributed by atoms with Gasteiger partial charge in [0.1, 0.15) is 5.82 Å². The van der Waals surface area contributed by atoms with Crippen LogP contribution in [-0.2, 0) is 6.54 Å². The molecule has 0 aliphatic heterocycles. The number of anilines is 1. The van der Waals surface area contributed by atoms with Crippen LogP contribution in [0.2, 0.25) is 0 Å². The summed E-state index contributed by atoms with van der Waals surface area (Å²) in [5, 5.41) is 13.8. The topological polar surface area (TPSA) is 68.4 Å². The molecule has 0 radical (unpaired) electrons. The summed E-state index contributed by atoms with van der Waals surface area (Å²) in [4.78, 5) is 17.2.